The number of benzene rings is 1. The van der Waals surface area contributed by atoms with Gasteiger partial charge in [0.05, 0.1) is 16.5 Å². The number of hydrogen-bond donors (Lipinski definition) is 0. The topological polar surface area (TPSA) is 67.3 Å². The van der Waals surface area contributed by atoms with Gasteiger partial charge in [-0.25, -0.2) is 13.4 Å². The fraction of sp³-hybridized carbons (Fsp3) is 0.474. The number of hydrogen-bond acceptors (Lipinski definition) is 5. The van der Waals surface area contributed by atoms with Crippen LogP contribution >= 0.6 is 11.3 Å². The van der Waals surface area contributed by atoms with E-state index in [-0.39, 0.29) is 11.8 Å². The number of amides is 1. The molecule has 142 valence electrons. The average Bonchev–Trinajstić information content (AvgIpc) is 2.99. The second kappa shape index (κ2) is 9.28. The first-order chi connectivity index (χ1) is 12.3. The molecule has 0 aliphatic rings. The monoisotopic (exact) mass is 394 g/mol. The molecular weight excluding hydrogens is 368 g/mol. The highest BCUT2D eigenvalue weighted by molar-refractivity contribution is 7.91. The van der Waals surface area contributed by atoms with Crippen LogP contribution in [0.4, 0.5) is 5.69 Å². The molecule has 2 rings (SSSR count). The van der Waals surface area contributed by atoms with Gasteiger partial charge in [0.2, 0.25) is 5.91 Å². The van der Waals surface area contributed by atoms with E-state index in [1.54, 1.807) is 5.38 Å². The standard InChI is InChI=1S/C19H26N2O3S2/c1-4-5-11-18-20-16(12-25-18)13-26(23,24)14-19(22)21(15(2)3)17-9-7-6-8-10-17/h6-10,12,15H,4-5,11,13-14H2,1-3H3. The summed E-state index contributed by atoms with van der Waals surface area (Å²) in [5.74, 6) is -1.11. The van der Waals surface area contributed by atoms with Crippen LogP contribution in [0.2, 0.25) is 0 Å². The molecule has 0 N–H and O–H groups in total. The zero-order chi connectivity index (χ0) is 19.2. The molecule has 0 unspecified atom stereocenters. The number of anilines is 1. The molecule has 0 atom stereocenters. The van der Waals surface area contributed by atoms with Crippen LogP contribution in [0.3, 0.4) is 0 Å². The minimum atomic E-state index is -3.57. The fourth-order valence-corrected chi connectivity index (χ4v) is 4.87. The average molecular weight is 395 g/mol. The summed E-state index contributed by atoms with van der Waals surface area (Å²) >= 11 is 1.49. The second-order valence-corrected chi connectivity index (χ2v) is 9.57. The number of para-hydroxylation sites is 1. The molecule has 0 radical (unpaired) electrons. The third-order valence-corrected chi connectivity index (χ3v) is 6.25. The molecule has 0 fully saturated rings. The van der Waals surface area contributed by atoms with E-state index in [0.29, 0.717) is 11.4 Å². The number of aryl methyl sites for hydroxylation is 1. The lowest BCUT2D eigenvalue weighted by molar-refractivity contribution is -0.116. The maximum atomic E-state index is 12.7. The van der Waals surface area contributed by atoms with Gasteiger partial charge >= 0.3 is 0 Å². The quantitative estimate of drug-likeness (QED) is 0.648. The zero-order valence-corrected chi connectivity index (χ0v) is 17.1. The van der Waals surface area contributed by atoms with Gasteiger partial charge in [0.1, 0.15) is 5.75 Å². The molecule has 5 nitrogen and oxygen atoms in total. The van der Waals surface area contributed by atoms with Crippen LogP contribution in [0.1, 0.15) is 44.3 Å². The molecule has 0 spiro atoms. The number of carbonyl (C=O) groups excluding carboxylic acids is 1. The van der Waals surface area contributed by atoms with Gasteiger partial charge in [0, 0.05) is 17.1 Å². The molecule has 1 aromatic heterocycles. The van der Waals surface area contributed by atoms with Gasteiger partial charge in [-0.15, -0.1) is 11.3 Å². The number of sulfone groups is 1. The van der Waals surface area contributed by atoms with Gasteiger partial charge in [-0.1, -0.05) is 31.5 Å². The molecule has 0 saturated heterocycles. The van der Waals surface area contributed by atoms with Crippen LogP contribution in [0.25, 0.3) is 0 Å². The van der Waals surface area contributed by atoms with Gasteiger partial charge in [0.15, 0.2) is 9.84 Å². The third-order valence-electron chi connectivity index (χ3n) is 3.87. The van der Waals surface area contributed by atoms with Gasteiger partial charge < -0.3 is 4.90 Å². The number of aromatic nitrogens is 1. The lowest BCUT2D eigenvalue weighted by atomic mass is 10.2. The molecule has 0 saturated carbocycles. The van der Waals surface area contributed by atoms with E-state index < -0.39 is 21.5 Å². The Morgan fingerprint density at radius 1 is 1.23 bits per heavy atom. The summed E-state index contributed by atoms with van der Waals surface area (Å²) in [5, 5.41) is 2.74. The highest BCUT2D eigenvalue weighted by Gasteiger charge is 2.25. The molecule has 1 amide bonds. The SMILES string of the molecule is CCCCc1nc(CS(=O)(=O)CC(=O)N(c2ccccc2)C(C)C)cs1. The van der Waals surface area contributed by atoms with E-state index in [2.05, 4.69) is 11.9 Å². The molecule has 0 bridgehead atoms. The molecule has 26 heavy (non-hydrogen) atoms. The van der Waals surface area contributed by atoms with Crippen LogP contribution in [0.5, 0.6) is 0 Å². The maximum Gasteiger partial charge on any atom is 0.242 e. The summed E-state index contributed by atoms with van der Waals surface area (Å²) in [6.45, 7) is 5.85. The summed E-state index contributed by atoms with van der Waals surface area (Å²) < 4.78 is 25.0. The number of unbranched alkanes of at least 4 members (excludes halogenated alkanes) is 1. The number of rotatable bonds is 9. The van der Waals surface area contributed by atoms with Crippen LogP contribution in [-0.2, 0) is 26.8 Å². The van der Waals surface area contributed by atoms with Crippen LogP contribution < -0.4 is 4.90 Å². The predicted octanol–water partition coefficient (Wildman–Crippen LogP) is 3.84. The van der Waals surface area contributed by atoms with Gasteiger partial charge in [-0.05, 0) is 38.8 Å². The second-order valence-electron chi connectivity index (χ2n) is 6.56. The number of nitrogens with zero attached hydrogens (tertiary/aromatic N) is 2. The van der Waals surface area contributed by atoms with E-state index >= 15 is 0 Å². The van der Waals surface area contributed by atoms with Crippen molar-refractivity contribution in [1.29, 1.82) is 0 Å². The van der Waals surface area contributed by atoms with Crippen LogP contribution in [0.15, 0.2) is 35.7 Å². The van der Waals surface area contributed by atoms with Crippen molar-refractivity contribution < 1.29 is 13.2 Å². The van der Waals surface area contributed by atoms with E-state index in [1.165, 1.54) is 16.2 Å². The molecule has 1 aromatic carbocycles. The minimum Gasteiger partial charge on any atom is -0.309 e. The van der Waals surface area contributed by atoms with Crippen molar-refractivity contribution in [3.8, 4) is 0 Å². The Kier molecular flexibility index (Phi) is 7.34. The molecule has 2 aromatic rings. The number of carbonyl (C=O) groups is 1. The van der Waals surface area contributed by atoms with E-state index in [4.69, 9.17) is 0 Å². The first-order valence-electron chi connectivity index (χ1n) is 8.83. The summed E-state index contributed by atoms with van der Waals surface area (Å²) in [6.07, 6.45) is 2.99. The van der Waals surface area contributed by atoms with E-state index in [1.807, 2.05) is 44.2 Å². The smallest absolute Gasteiger partial charge is 0.242 e. The fourth-order valence-electron chi connectivity index (χ4n) is 2.71. The summed E-state index contributed by atoms with van der Waals surface area (Å²) in [7, 11) is -3.57. The molecule has 7 heteroatoms. The van der Waals surface area contributed by atoms with Crippen molar-refractivity contribution >= 4 is 32.8 Å². The Bertz CT molecular complexity index is 814. The Balaban J connectivity index is 2.07. The highest BCUT2D eigenvalue weighted by Crippen LogP contribution is 2.19. The van der Waals surface area contributed by atoms with Crippen molar-refractivity contribution in [2.45, 2.75) is 51.8 Å². The Hall–Kier alpha value is -1.73. The Labute approximate surface area is 160 Å². The Morgan fingerprint density at radius 3 is 2.54 bits per heavy atom. The van der Waals surface area contributed by atoms with E-state index in [0.717, 1.165) is 24.3 Å². The van der Waals surface area contributed by atoms with Gasteiger partial charge in [-0.3, -0.25) is 4.79 Å². The minimum absolute atomic E-state index is 0.125. The van der Waals surface area contributed by atoms with Gasteiger partial charge in [0.25, 0.3) is 0 Å². The predicted molar refractivity (Wildman–Crippen MR) is 107 cm³/mol. The van der Waals surface area contributed by atoms with Gasteiger partial charge in [-0.2, -0.15) is 0 Å². The summed E-state index contributed by atoms with van der Waals surface area (Å²) in [5.41, 5.74) is 1.24. The first kappa shape index (κ1) is 20.6. The van der Waals surface area contributed by atoms with Crippen molar-refractivity contribution in [1.82, 2.24) is 4.98 Å². The Morgan fingerprint density at radius 2 is 1.92 bits per heavy atom. The van der Waals surface area contributed by atoms with Crippen molar-refractivity contribution in [2.24, 2.45) is 0 Å². The lowest BCUT2D eigenvalue weighted by Gasteiger charge is -2.26. The summed E-state index contributed by atoms with van der Waals surface area (Å²) in [4.78, 5) is 18.6. The maximum absolute atomic E-state index is 12.7. The van der Waals surface area contributed by atoms with Crippen LogP contribution in [0, 0.1) is 0 Å². The zero-order valence-electron chi connectivity index (χ0n) is 15.5. The molecule has 0 aliphatic carbocycles. The third kappa shape index (κ3) is 5.92. The lowest BCUT2D eigenvalue weighted by Crippen LogP contribution is -2.40. The van der Waals surface area contributed by atoms with Crippen molar-refractivity contribution in [3.05, 3.63) is 46.4 Å². The molecule has 0 aliphatic heterocycles. The van der Waals surface area contributed by atoms with Crippen LogP contribution in [-0.4, -0.2) is 31.1 Å². The first-order valence-corrected chi connectivity index (χ1v) is 11.5. The highest BCUT2D eigenvalue weighted by atomic mass is 32.2. The van der Waals surface area contributed by atoms with Crippen molar-refractivity contribution in [3.63, 3.8) is 0 Å². The molecule has 1 heterocycles. The normalized spacial score (nSPS) is 11.7. The largest absolute Gasteiger partial charge is 0.309 e. The summed E-state index contributed by atoms with van der Waals surface area (Å²) in [6, 6.07) is 9.02. The van der Waals surface area contributed by atoms with E-state index in [9.17, 15) is 13.2 Å². The van der Waals surface area contributed by atoms with Crippen molar-refractivity contribution in [2.75, 3.05) is 10.7 Å². The molecular formula is C19H26N2O3S2. The number of thiazole rings is 1.